The second-order valence-electron chi connectivity index (χ2n) is 2.14. The molecule has 2 nitrogen and oxygen atoms in total. The van der Waals surface area contributed by atoms with E-state index in [-0.39, 0.29) is 6.92 Å². The van der Waals surface area contributed by atoms with Crippen molar-refractivity contribution in [2.75, 3.05) is 26.3 Å². The fourth-order valence-corrected chi connectivity index (χ4v) is 0.516. The largest absolute Gasteiger partial charge is 0.386 e. The maximum absolute atomic E-state index is 10.4. The van der Waals surface area contributed by atoms with Gasteiger partial charge in [0.2, 0.25) is 0 Å². The first-order chi connectivity index (χ1) is 5.00. The number of hydrogen-bond donors (Lipinski definition) is 1. The maximum atomic E-state index is 10.4. The van der Waals surface area contributed by atoms with E-state index in [1.165, 1.54) is 0 Å². The van der Waals surface area contributed by atoms with Gasteiger partial charge in [-0.2, -0.15) is 13.2 Å². The van der Waals surface area contributed by atoms with Crippen LogP contribution in [0.2, 0.25) is 0 Å². The second kappa shape index (κ2) is 5.37. The molecule has 1 rings (SSSR count). The molecular weight excluding hydrogens is 159 g/mol. The summed E-state index contributed by atoms with van der Waals surface area (Å²) in [4.78, 5) is 0. The zero-order valence-electron chi connectivity index (χ0n) is 6.37. The van der Waals surface area contributed by atoms with Crippen LogP contribution in [-0.4, -0.2) is 32.5 Å². The van der Waals surface area contributed by atoms with E-state index in [2.05, 4.69) is 5.32 Å². The summed E-state index contributed by atoms with van der Waals surface area (Å²) >= 11 is 0. The average Bonchev–Trinajstić information content (AvgIpc) is 1.88. The summed E-state index contributed by atoms with van der Waals surface area (Å²) in [5.41, 5.74) is 0. The number of alkyl halides is 3. The minimum Gasteiger partial charge on any atom is -0.379 e. The SMILES string of the molecule is C1COCCN1.CC(F)(F)F. The maximum Gasteiger partial charge on any atom is 0.386 e. The molecule has 0 spiro atoms. The molecule has 0 amide bonds. The van der Waals surface area contributed by atoms with Crippen LogP contribution in [0.3, 0.4) is 0 Å². The summed E-state index contributed by atoms with van der Waals surface area (Å²) in [7, 11) is 0. The molecule has 68 valence electrons. The van der Waals surface area contributed by atoms with Crippen LogP contribution in [0.5, 0.6) is 0 Å². The molecule has 5 heteroatoms. The van der Waals surface area contributed by atoms with Crippen molar-refractivity contribution >= 4 is 0 Å². The van der Waals surface area contributed by atoms with E-state index in [0.29, 0.717) is 0 Å². The Balaban J connectivity index is 0.000000187. The lowest BCUT2D eigenvalue weighted by Crippen LogP contribution is -2.30. The Bertz CT molecular complexity index is 72.8. The molecule has 0 atom stereocenters. The fraction of sp³-hybridized carbons (Fsp3) is 1.00. The van der Waals surface area contributed by atoms with Gasteiger partial charge in [-0.25, -0.2) is 0 Å². The fourth-order valence-electron chi connectivity index (χ4n) is 0.516. The highest BCUT2D eigenvalue weighted by molar-refractivity contribution is 4.49. The minimum atomic E-state index is -4.00. The normalized spacial score (nSPS) is 18.5. The highest BCUT2D eigenvalue weighted by Gasteiger charge is 2.15. The number of morpholine rings is 1. The molecule has 1 aliphatic heterocycles. The quantitative estimate of drug-likeness (QED) is 0.590. The van der Waals surface area contributed by atoms with Crippen LogP contribution in [-0.2, 0) is 4.74 Å². The predicted molar refractivity (Wildman–Crippen MR) is 35.4 cm³/mol. The lowest BCUT2D eigenvalue weighted by Gasteiger charge is -2.10. The highest BCUT2D eigenvalue weighted by Crippen LogP contribution is 2.10. The molecule has 0 saturated carbocycles. The number of rotatable bonds is 0. The first kappa shape index (κ1) is 10.7. The van der Waals surface area contributed by atoms with Gasteiger partial charge >= 0.3 is 6.18 Å². The van der Waals surface area contributed by atoms with Gasteiger partial charge in [0, 0.05) is 20.0 Å². The van der Waals surface area contributed by atoms with E-state index in [9.17, 15) is 13.2 Å². The molecule has 1 saturated heterocycles. The van der Waals surface area contributed by atoms with Gasteiger partial charge in [0.1, 0.15) is 0 Å². The van der Waals surface area contributed by atoms with Crippen LogP contribution < -0.4 is 5.32 Å². The van der Waals surface area contributed by atoms with Gasteiger partial charge in [-0.05, 0) is 0 Å². The summed E-state index contributed by atoms with van der Waals surface area (Å²) in [5.74, 6) is 0. The van der Waals surface area contributed by atoms with Crippen LogP contribution >= 0.6 is 0 Å². The van der Waals surface area contributed by atoms with E-state index in [1.807, 2.05) is 0 Å². The van der Waals surface area contributed by atoms with E-state index >= 15 is 0 Å². The summed E-state index contributed by atoms with van der Waals surface area (Å²) < 4.78 is 36.1. The Morgan fingerprint density at radius 2 is 1.55 bits per heavy atom. The van der Waals surface area contributed by atoms with Gasteiger partial charge in [0.15, 0.2) is 0 Å². The Hall–Kier alpha value is -0.290. The van der Waals surface area contributed by atoms with E-state index in [0.717, 1.165) is 26.3 Å². The van der Waals surface area contributed by atoms with Gasteiger partial charge in [0.25, 0.3) is 0 Å². The van der Waals surface area contributed by atoms with Crippen LogP contribution in [0, 0.1) is 0 Å². The Morgan fingerprint density at radius 1 is 1.18 bits per heavy atom. The molecule has 1 aliphatic rings. The van der Waals surface area contributed by atoms with Crippen molar-refractivity contribution in [3.05, 3.63) is 0 Å². The molecule has 0 aromatic rings. The Morgan fingerprint density at radius 3 is 1.64 bits per heavy atom. The Kier molecular flexibility index (Phi) is 5.23. The number of ether oxygens (including phenoxy) is 1. The third-order valence-electron chi connectivity index (χ3n) is 0.846. The molecule has 0 aliphatic carbocycles. The first-order valence-electron chi connectivity index (χ1n) is 3.35. The van der Waals surface area contributed by atoms with Crippen LogP contribution in [0.4, 0.5) is 13.2 Å². The van der Waals surface area contributed by atoms with Crippen LogP contribution in [0.25, 0.3) is 0 Å². The summed E-state index contributed by atoms with van der Waals surface area (Å²) in [6, 6.07) is 0. The standard InChI is InChI=1S/C4H9NO.C2H3F3/c1-3-6-4-2-5-1;1-2(3,4)5/h5H,1-4H2;1H3. The zero-order valence-corrected chi connectivity index (χ0v) is 6.37. The highest BCUT2D eigenvalue weighted by atomic mass is 19.4. The number of halogens is 3. The van der Waals surface area contributed by atoms with Crippen molar-refractivity contribution in [2.24, 2.45) is 0 Å². The lowest BCUT2D eigenvalue weighted by atomic mass is 10.5. The molecule has 0 aromatic heterocycles. The smallest absolute Gasteiger partial charge is 0.379 e. The van der Waals surface area contributed by atoms with E-state index < -0.39 is 6.18 Å². The molecule has 1 heterocycles. The van der Waals surface area contributed by atoms with Gasteiger partial charge in [0.05, 0.1) is 13.2 Å². The van der Waals surface area contributed by atoms with Crippen molar-refractivity contribution in [2.45, 2.75) is 13.1 Å². The molecule has 11 heavy (non-hydrogen) atoms. The molecule has 1 N–H and O–H groups in total. The molecule has 1 fully saturated rings. The number of nitrogens with one attached hydrogen (secondary N) is 1. The van der Waals surface area contributed by atoms with Gasteiger partial charge < -0.3 is 10.1 Å². The summed E-state index contributed by atoms with van der Waals surface area (Å²) in [6.45, 7) is 4.02. The first-order valence-corrected chi connectivity index (χ1v) is 3.35. The summed E-state index contributed by atoms with van der Waals surface area (Å²) in [6.07, 6.45) is -4.00. The second-order valence-corrected chi connectivity index (χ2v) is 2.14. The third kappa shape index (κ3) is 17.7. The van der Waals surface area contributed by atoms with Gasteiger partial charge in [-0.1, -0.05) is 0 Å². The topological polar surface area (TPSA) is 21.3 Å². The third-order valence-corrected chi connectivity index (χ3v) is 0.846. The van der Waals surface area contributed by atoms with Gasteiger partial charge in [-0.3, -0.25) is 0 Å². The lowest BCUT2D eigenvalue weighted by molar-refractivity contribution is -0.110. The van der Waals surface area contributed by atoms with Crippen molar-refractivity contribution in [3.63, 3.8) is 0 Å². The van der Waals surface area contributed by atoms with E-state index in [4.69, 9.17) is 4.74 Å². The number of hydrogen-bond acceptors (Lipinski definition) is 2. The minimum absolute atomic E-state index is 0.188. The molecule has 0 bridgehead atoms. The molecule has 0 aromatic carbocycles. The zero-order chi connectivity index (χ0) is 8.74. The monoisotopic (exact) mass is 171 g/mol. The van der Waals surface area contributed by atoms with Crippen molar-refractivity contribution in [1.29, 1.82) is 0 Å². The Labute approximate surface area is 63.7 Å². The van der Waals surface area contributed by atoms with Crippen molar-refractivity contribution in [3.8, 4) is 0 Å². The van der Waals surface area contributed by atoms with Crippen molar-refractivity contribution < 1.29 is 17.9 Å². The van der Waals surface area contributed by atoms with E-state index in [1.54, 1.807) is 0 Å². The van der Waals surface area contributed by atoms with Crippen molar-refractivity contribution in [1.82, 2.24) is 5.32 Å². The van der Waals surface area contributed by atoms with Crippen LogP contribution in [0.1, 0.15) is 6.92 Å². The summed E-state index contributed by atoms with van der Waals surface area (Å²) in [5, 5.41) is 3.16. The predicted octanol–water partition coefficient (Wildman–Crippen LogP) is 1.17. The molecular formula is C6H12F3NO. The van der Waals surface area contributed by atoms with Crippen LogP contribution in [0.15, 0.2) is 0 Å². The van der Waals surface area contributed by atoms with Gasteiger partial charge in [-0.15, -0.1) is 0 Å². The molecule has 0 unspecified atom stereocenters. The average molecular weight is 171 g/mol. The molecule has 0 radical (unpaired) electrons.